The number of hydrogen-bond donors (Lipinski definition) is 1. The Morgan fingerprint density at radius 3 is 2.62 bits per heavy atom. The molecule has 0 bridgehead atoms. The lowest BCUT2D eigenvalue weighted by atomic mass is 10.1. The highest BCUT2D eigenvalue weighted by Gasteiger charge is 2.34. The molecule has 0 atom stereocenters. The molecule has 0 aromatic heterocycles. The molecule has 21 heavy (non-hydrogen) atoms. The third kappa shape index (κ3) is 4.56. The van der Waals surface area contributed by atoms with E-state index in [2.05, 4.69) is 5.92 Å². The van der Waals surface area contributed by atoms with Crippen LogP contribution in [0, 0.1) is 12.3 Å². The fourth-order valence-electron chi connectivity index (χ4n) is 1.81. The minimum atomic E-state index is -4.55. The smallest absolute Gasteiger partial charge is 0.418 e. The summed E-state index contributed by atoms with van der Waals surface area (Å²) >= 11 is 0. The summed E-state index contributed by atoms with van der Waals surface area (Å²) in [5, 5.41) is 8.52. The number of carboxylic acids is 1. The fraction of sp³-hybridized carbons (Fsp3) is 0.267. The molecule has 0 saturated carbocycles. The molecule has 0 aliphatic rings. The molecule has 1 aromatic carbocycles. The summed E-state index contributed by atoms with van der Waals surface area (Å²) in [7, 11) is 0. The first-order valence-electron chi connectivity index (χ1n) is 6.10. The number of carboxylic acid groups (broad SMARTS) is 1. The van der Waals surface area contributed by atoms with Crippen LogP contribution in [0.5, 0.6) is 0 Å². The number of hydrogen-bond acceptors (Lipinski definition) is 2. The molecule has 1 N–H and O–H groups in total. The Hall–Kier alpha value is -2.42. The number of carbonyl (C=O) groups is 1. The van der Waals surface area contributed by atoms with Gasteiger partial charge in [0.15, 0.2) is 0 Å². The molecule has 1 aromatic rings. The summed E-state index contributed by atoms with van der Waals surface area (Å²) in [6.07, 6.45) is 2.51. The van der Waals surface area contributed by atoms with Gasteiger partial charge >= 0.3 is 12.1 Å². The second kappa shape index (κ2) is 6.84. The molecule has 0 fully saturated rings. The summed E-state index contributed by atoms with van der Waals surface area (Å²) in [6, 6.07) is 3.63. The van der Waals surface area contributed by atoms with Crippen LogP contribution >= 0.6 is 0 Å². The Labute approximate surface area is 120 Å². The highest BCUT2D eigenvalue weighted by molar-refractivity contribution is 5.85. The largest absolute Gasteiger partial charge is 0.478 e. The summed E-state index contributed by atoms with van der Waals surface area (Å²) in [4.78, 5) is 11.8. The molecule has 0 aliphatic carbocycles. The topological polar surface area (TPSA) is 40.5 Å². The van der Waals surface area contributed by atoms with E-state index in [0.717, 1.165) is 18.2 Å². The monoisotopic (exact) mass is 297 g/mol. The van der Waals surface area contributed by atoms with Crippen molar-refractivity contribution < 1.29 is 23.1 Å². The van der Waals surface area contributed by atoms with Crippen molar-refractivity contribution in [3.05, 3.63) is 35.4 Å². The Bertz CT molecular complexity index is 586. The van der Waals surface area contributed by atoms with Crippen molar-refractivity contribution in [2.75, 3.05) is 18.0 Å². The van der Waals surface area contributed by atoms with Crippen LogP contribution in [0.4, 0.5) is 18.9 Å². The van der Waals surface area contributed by atoms with E-state index < -0.39 is 17.7 Å². The number of nitrogens with zero attached hydrogens (tertiary/aromatic N) is 1. The van der Waals surface area contributed by atoms with Crippen molar-refractivity contribution in [3.8, 4) is 12.3 Å². The average Bonchev–Trinajstić information content (AvgIpc) is 2.41. The minimum absolute atomic E-state index is 0.0181. The second-order valence-corrected chi connectivity index (χ2v) is 4.16. The number of rotatable bonds is 5. The average molecular weight is 297 g/mol. The van der Waals surface area contributed by atoms with Crippen molar-refractivity contribution in [1.82, 2.24) is 0 Å². The van der Waals surface area contributed by atoms with Crippen molar-refractivity contribution >= 4 is 17.7 Å². The maximum absolute atomic E-state index is 13.1. The van der Waals surface area contributed by atoms with Gasteiger partial charge in [0.2, 0.25) is 0 Å². The van der Waals surface area contributed by atoms with E-state index in [-0.39, 0.29) is 17.8 Å². The van der Waals surface area contributed by atoms with Crippen LogP contribution in [0.15, 0.2) is 24.3 Å². The molecule has 112 valence electrons. The Balaban J connectivity index is 3.33. The highest BCUT2D eigenvalue weighted by atomic mass is 19.4. The standard InChI is InChI=1S/C15H14F3NO2/c1-3-9-19(4-2)13-7-5-11(6-8-14(20)21)10-12(13)15(16,17)18/h1,5-8,10H,4,9H2,2H3,(H,20,21)/b8-6+. The fourth-order valence-corrected chi connectivity index (χ4v) is 1.81. The lowest BCUT2D eigenvalue weighted by Crippen LogP contribution is -2.26. The Morgan fingerprint density at radius 1 is 1.48 bits per heavy atom. The van der Waals surface area contributed by atoms with Gasteiger partial charge in [-0.15, -0.1) is 6.42 Å². The molecular weight excluding hydrogens is 283 g/mol. The van der Waals surface area contributed by atoms with Gasteiger partial charge in [0, 0.05) is 18.3 Å². The zero-order valence-corrected chi connectivity index (χ0v) is 11.3. The van der Waals surface area contributed by atoms with Gasteiger partial charge < -0.3 is 10.0 Å². The lowest BCUT2D eigenvalue weighted by molar-refractivity contribution is -0.137. The van der Waals surface area contributed by atoms with E-state index >= 15 is 0 Å². The maximum atomic E-state index is 13.1. The summed E-state index contributed by atoms with van der Waals surface area (Å²) in [6.45, 7) is 2.09. The van der Waals surface area contributed by atoms with Crippen LogP contribution in [-0.4, -0.2) is 24.2 Å². The first-order valence-corrected chi connectivity index (χ1v) is 6.10. The van der Waals surface area contributed by atoms with Crippen LogP contribution in [0.3, 0.4) is 0 Å². The summed E-state index contributed by atoms with van der Waals surface area (Å²) < 4.78 is 39.4. The van der Waals surface area contributed by atoms with Gasteiger partial charge in [-0.3, -0.25) is 0 Å². The van der Waals surface area contributed by atoms with Crippen molar-refractivity contribution in [1.29, 1.82) is 0 Å². The molecule has 0 amide bonds. The van der Waals surface area contributed by atoms with Gasteiger partial charge in [0.05, 0.1) is 12.1 Å². The quantitative estimate of drug-likeness (QED) is 0.670. The maximum Gasteiger partial charge on any atom is 0.418 e. The van der Waals surface area contributed by atoms with E-state index in [4.69, 9.17) is 11.5 Å². The molecule has 3 nitrogen and oxygen atoms in total. The van der Waals surface area contributed by atoms with E-state index in [1.165, 1.54) is 17.0 Å². The van der Waals surface area contributed by atoms with Gasteiger partial charge in [-0.25, -0.2) is 4.79 Å². The molecule has 0 saturated heterocycles. The first-order chi connectivity index (χ1) is 9.79. The van der Waals surface area contributed by atoms with E-state index in [9.17, 15) is 18.0 Å². The van der Waals surface area contributed by atoms with Crippen molar-refractivity contribution in [3.63, 3.8) is 0 Å². The van der Waals surface area contributed by atoms with Gasteiger partial charge in [-0.1, -0.05) is 12.0 Å². The highest BCUT2D eigenvalue weighted by Crippen LogP contribution is 2.37. The normalized spacial score (nSPS) is 11.4. The molecule has 0 spiro atoms. The SMILES string of the molecule is C#CCN(CC)c1ccc(/C=C/C(=O)O)cc1C(F)(F)F. The predicted molar refractivity (Wildman–Crippen MR) is 74.8 cm³/mol. The van der Waals surface area contributed by atoms with Crippen LogP contribution in [0.1, 0.15) is 18.1 Å². The van der Waals surface area contributed by atoms with Gasteiger partial charge in [-0.2, -0.15) is 13.2 Å². The number of anilines is 1. The molecule has 0 aliphatic heterocycles. The third-order valence-corrected chi connectivity index (χ3v) is 2.75. The first kappa shape index (κ1) is 16.6. The molecular formula is C15H14F3NO2. The van der Waals surface area contributed by atoms with E-state index in [1.807, 2.05) is 0 Å². The molecule has 1 rings (SSSR count). The molecule has 0 unspecified atom stereocenters. The summed E-state index contributed by atoms with van der Waals surface area (Å²) in [5.74, 6) is 1.09. The van der Waals surface area contributed by atoms with Crippen LogP contribution in [0.2, 0.25) is 0 Å². The third-order valence-electron chi connectivity index (χ3n) is 2.75. The number of alkyl halides is 3. The zero-order chi connectivity index (χ0) is 16.0. The Morgan fingerprint density at radius 2 is 2.14 bits per heavy atom. The molecule has 6 heteroatoms. The number of terminal acetylenes is 1. The van der Waals surface area contributed by atoms with E-state index in [0.29, 0.717) is 6.54 Å². The number of aliphatic carboxylic acids is 1. The van der Waals surface area contributed by atoms with Crippen molar-refractivity contribution in [2.45, 2.75) is 13.1 Å². The number of halogens is 3. The Kier molecular flexibility index (Phi) is 5.42. The zero-order valence-electron chi connectivity index (χ0n) is 11.3. The van der Waals surface area contributed by atoms with Crippen LogP contribution in [-0.2, 0) is 11.0 Å². The molecule has 0 heterocycles. The molecule has 0 radical (unpaired) electrons. The van der Waals surface area contributed by atoms with E-state index in [1.54, 1.807) is 6.92 Å². The van der Waals surface area contributed by atoms with Gasteiger partial charge in [0.1, 0.15) is 0 Å². The van der Waals surface area contributed by atoms with Crippen LogP contribution < -0.4 is 4.90 Å². The van der Waals surface area contributed by atoms with Gasteiger partial charge in [-0.05, 0) is 30.7 Å². The second-order valence-electron chi connectivity index (χ2n) is 4.16. The lowest BCUT2D eigenvalue weighted by Gasteiger charge is -2.24. The van der Waals surface area contributed by atoms with Crippen molar-refractivity contribution in [2.24, 2.45) is 0 Å². The minimum Gasteiger partial charge on any atom is -0.478 e. The van der Waals surface area contributed by atoms with Gasteiger partial charge in [0.25, 0.3) is 0 Å². The predicted octanol–water partition coefficient (Wildman–Crippen LogP) is 3.26. The summed E-state index contributed by atoms with van der Waals surface area (Å²) in [5.41, 5.74) is -0.701. The van der Waals surface area contributed by atoms with Crippen LogP contribution in [0.25, 0.3) is 6.08 Å². The number of benzene rings is 1.